The zero-order valence-corrected chi connectivity index (χ0v) is 20.5. The number of hydrogen-bond acceptors (Lipinski definition) is 8. The number of sulfonamides is 1. The third kappa shape index (κ3) is 6.04. The second kappa shape index (κ2) is 10.9. The fraction of sp³-hybridized carbons (Fsp3) is 0.391. The molecule has 34 heavy (non-hydrogen) atoms. The summed E-state index contributed by atoms with van der Waals surface area (Å²) in [5.74, 6) is -0.342. The molecule has 2 aromatic carbocycles. The van der Waals surface area contributed by atoms with E-state index in [1.54, 1.807) is 18.2 Å². The Hall–Kier alpha value is -3.15. The van der Waals surface area contributed by atoms with Crippen LogP contribution in [0.5, 0.6) is 11.5 Å². The Kier molecular flexibility index (Phi) is 8.13. The van der Waals surface area contributed by atoms with Crippen molar-refractivity contribution >= 4 is 27.6 Å². The van der Waals surface area contributed by atoms with Gasteiger partial charge >= 0.3 is 5.97 Å². The molecule has 1 saturated heterocycles. The number of hydrogen-bond donors (Lipinski definition) is 1. The van der Waals surface area contributed by atoms with Gasteiger partial charge in [0.15, 0.2) is 11.5 Å². The molecule has 2 aromatic rings. The van der Waals surface area contributed by atoms with E-state index in [1.807, 2.05) is 6.07 Å². The Bertz CT molecular complexity index is 1160. The summed E-state index contributed by atoms with van der Waals surface area (Å²) in [5, 5.41) is 2.76. The summed E-state index contributed by atoms with van der Waals surface area (Å²) in [6, 6.07) is 10.1. The van der Waals surface area contributed by atoms with Crippen molar-refractivity contribution < 1.29 is 32.2 Å². The molecule has 0 saturated carbocycles. The summed E-state index contributed by atoms with van der Waals surface area (Å²) < 4.78 is 40.2. The molecule has 0 atom stereocenters. The molecule has 0 unspecified atom stereocenters. The van der Waals surface area contributed by atoms with Crippen molar-refractivity contribution in [2.45, 2.75) is 6.54 Å². The van der Waals surface area contributed by atoms with Gasteiger partial charge < -0.3 is 19.5 Å². The maximum absolute atomic E-state index is 13.0. The number of piperazine rings is 1. The van der Waals surface area contributed by atoms with Crippen LogP contribution in [0.2, 0.25) is 0 Å². The molecule has 10 nitrogen and oxygen atoms in total. The minimum atomic E-state index is -3.19. The third-order valence-electron chi connectivity index (χ3n) is 5.57. The van der Waals surface area contributed by atoms with E-state index < -0.39 is 21.9 Å². The quantitative estimate of drug-likeness (QED) is 0.556. The van der Waals surface area contributed by atoms with Crippen LogP contribution in [0, 0.1) is 0 Å². The fourth-order valence-corrected chi connectivity index (χ4v) is 4.57. The van der Waals surface area contributed by atoms with Crippen LogP contribution in [0.4, 0.5) is 5.69 Å². The lowest BCUT2D eigenvalue weighted by atomic mass is 10.1. The highest BCUT2D eigenvalue weighted by atomic mass is 32.2. The van der Waals surface area contributed by atoms with Crippen molar-refractivity contribution in [3.63, 3.8) is 0 Å². The number of anilines is 1. The van der Waals surface area contributed by atoms with Crippen LogP contribution in [0.3, 0.4) is 0 Å². The molecule has 0 aromatic heterocycles. The van der Waals surface area contributed by atoms with Gasteiger partial charge in [0, 0.05) is 50.4 Å². The molecule has 11 heteroatoms. The Morgan fingerprint density at radius 2 is 1.62 bits per heavy atom. The number of amides is 1. The number of esters is 1. The topological polar surface area (TPSA) is 114 Å². The molecule has 0 aliphatic carbocycles. The monoisotopic (exact) mass is 491 g/mol. The summed E-state index contributed by atoms with van der Waals surface area (Å²) in [6.07, 6.45) is 1.22. The van der Waals surface area contributed by atoms with Crippen LogP contribution in [0.15, 0.2) is 36.4 Å². The number of carbonyl (C=O) groups excluding carboxylic acids is 2. The maximum atomic E-state index is 13.0. The van der Waals surface area contributed by atoms with Crippen LogP contribution < -0.4 is 14.8 Å². The van der Waals surface area contributed by atoms with Crippen LogP contribution in [-0.2, 0) is 21.3 Å². The molecule has 1 aliphatic rings. The lowest BCUT2D eigenvalue weighted by molar-refractivity contribution is 0.0601. The maximum Gasteiger partial charge on any atom is 0.340 e. The summed E-state index contributed by atoms with van der Waals surface area (Å²) in [4.78, 5) is 27.4. The lowest BCUT2D eigenvalue weighted by Crippen LogP contribution is -2.47. The average molecular weight is 492 g/mol. The lowest BCUT2D eigenvalue weighted by Gasteiger charge is -2.33. The Balaban J connectivity index is 1.75. The molecule has 1 amide bonds. The Morgan fingerprint density at radius 3 is 2.21 bits per heavy atom. The van der Waals surface area contributed by atoms with E-state index in [9.17, 15) is 18.0 Å². The fourth-order valence-electron chi connectivity index (χ4n) is 3.74. The number of nitrogens with zero attached hydrogens (tertiary/aromatic N) is 2. The van der Waals surface area contributed by atoms with Gasteiger partial charge in [-0.2, -0.15) is 4.31 Å². The van der Waals surface area contributed by atoms with E-state index >= 15 is 0 Å². The minimum Gasteiger partial charge on any atom is -0.493 e. The number of methoxy groups -OCH3 is 3. The zero-order chi connectivity index (χ0) is 24.9. The van der Waals surface area contributed by atoms with E-state index in [0.717, 1.165) is 5.56 Å². The Morgan fingerprint density at radius 1 is 0.971 bits per heavy atom. The van der Waals surface area contributed by atoms with Gasteiger partial charge in [-0.25, -0.2) is 13.2 Å². The second-order valence-electron chi connectivity index (χ2n) is 7.84. The van der Waals surface area contributed by atoms with Gasteiger partial charge in [0.25, 0.3) is 5.91 Å². The average Bonchev–Trinajstić information content (AvgIpc) is 2.83. The van der Waals surface area contributed by atoms with Gasteiger partial charge in [-0.05, 0) is 17.7 Å². The molecule has 184 valence electrons. The van der Waals surface area contributed by atoms with Crippen LogP contribution in [0.25, 0.3) is 0 Å². The summed E-state index contributed by atoms with van der Waals surface area (Å²) in [7, 11) is 0.974. The van der Waals surface area contributed by atoms with Gasteiger partial charge in [-0.1, -0.05) is 12.1 Å². The van der Waals surface area contributed by atoms with Crippen molar-refractivity contribution in [2.24, 2.45) is 0 Å². The summed E-state index contributed by atoms with van der Waals surface area (Å²) >= 11 is 0. The molecule has 1 fully saturated rings. The molecular weight excluding hydrogens is 462 g/mol. The number of ether oxygens (including phenoxy) is 3. The van der Waals surface area contributed by atoms with Crippen molar-refractivity contribution in [1.82, 2.24) is 9.21 Å². The minimum absolute atomic E-state index is 0.133. The van der Waals surface area contributed by atoms with Gasteiger partial charge in [0.05, 0.1) is 38.8 Å². The molecule has 0 spiro atoms. The van der Waals surface area contributed by atoms with Gasteiger partial charge in [-0.15, -0.1) is 0 Å². The van der Waals surface area contributed by atoms with Crippen LogP contribution >= 0.6 is 0 Å². The largest absolute Gasteiger partial charge is 0.493 e. The molecule has 1 N–H and O–H groups in total. The predicted molar refractivity (Wildman–Crippen MR) is 127 cm³/mol. The van der Waals surface area contributed by atoms with E-state index in [2.05, 4.69) is 10.2 Å². The zero-order valence-electron chi connectivity index (χ0n) is 19.7. The molecule has 1 heterocycles. The van der Waals surface area contributed by atoms with Gasteiger partial charge in [0.1, 0.15) is 0 Å². The highest BCUT2D eigenvalue weighted by Crippen LogP contribution is 2.34. The highest BCUT2D eigenvalue weighted by Gasteiger charge is 2.24. The van der Waals surface area contributed by atoms with Crippen molar-refractivity contribution in [3.8, 4) is 11.5 Å². The van der Waals surface area contributed by atoms with Gasteiger partial charge in [0.2, 0.25) is 10.0 Å². The molecular formula is C23H29N3O7S. The molecule has 0 bridgehead atoms. The van der Waals surface area contributed by atoms with E-state index in [1.165, 1.54) is 44.0 Å². The van der Waals surface area contributed by atoms with Crippen molar-refractivity contribution in [3.05, 3.63) is 53.1 Å². The van der Waals surface area contributed by atoms with E-state index in [4.69, 9.17) is 14.2 Å². The number of nitrogens with one attached hydrogen (secondary N) is 1. The standard InChI is InChI=1S/C23H29N3O7S/c1-31-20-13-18(23(28)33-3)19(14-21(20)32-2)24-22(27)17-7-5-6-16(12-17)15-25-8-10-26(11-9-25)34(4,29)30/h5-7,12-14H,8-11,15H2,1-4H3,(H,24,27). The normalized spacial score (nSPS) is 14.9. The van der Waals surface area contributed by atoms with E-state index in [-0.39, 0.29) is 11.3 Å². The summed E-state index contributed by atoms with van der Waals surface area (Å²) in [5.41, 5.74) is 1.70. The Labute approximate surface area is 199 Å². The molecule has 0 radical (unpaired) electrons. The number of rotatable bonds is 8. The third-order valence-corrected chi connectivity index (χ3v) is 6.88. The number of carbonyl (C=O) groups is 2. The van der Waals surface area contributed by atoms with Crippen LogP contribution in [-0.4, -0.2) is 83.3 Å². The van der Waals surface area contributed by atoms with Crippen molar-refractivity contribution in [2.75, 3.05) is 59.1 Å². The van der Waals surface area contributed by atoms with E-state index in [0.29, 0.717) is 49.8 Å². The first-order valence-corrected chi connectivity index (χ1v) is 12.4. The SMILES string of the molecule is COC(=O)c1cc(OC)c(OC)cc1NC(=O)c1cccc(CN2CCN(S(C)(=O)=O)CC2)c1. The predicted octanol–water partition coefficient (Wildman–Crippen LogP) is 1.82. The second-order valence-corrected chi connectivity index (χ2v) is 9.82. The highest BCUT2D eigenvalue weighted by molar-refractivity contribution is 7.88. The first kappa shape index (κ1) is 25.5. The first-order chi connectivity index (χ1) is 16.2. The van der Waals surface area contributed by atoms with Crippen molar-refractivity contribution in [1.29, 1.82) is 0 Å². The van der Waals surface area contributed by atoms with Gasteiger partial charge in [-0.3, -0.25) is 9.69 Å². The summed E-state index contributed by atoms with van der Waals surface area (Å²) in [6.45, 7) is 2.68. The van der Waals surface area contributed by atoms with Crippen LogP contribution in [0.1, 0.15) is 26.3 Å². The smallest absolute Gasteiger partial charge is 0.340 e. The number of benzene rings is 2. The molecule has 1 aliphatic heterocycles. The first-order valence-electron chi connectivity index (χ1n) is 10.6. The molecule has 3 rings (SSSR count).